The second-order valence-corrected chi connectivity index (χ2v) is 12.9. The van der Waals surface area contributed by atoms with Crippen molar-refractivity contribution in [3.05, 3.63) is 81.8 Å². The molecular formula is C35H45Cl2N5O2. The van der Waals surface area contributed by atoms with Crippen molar-refractivity contribution in [3.63, 3.8) is 0 Å². The molecule has 0 spiro atoms. The van der Waals surface area contributed by atoms with Gasteiger partial charge in [-0.3, -0.25) is 14.6 Å². The molecule has 0 atom stereocenters. The zero-order chi connectivity index (χ0) is 30.9. The lowest BCUT2D eigenvalue weighted by atomic mass is 9.95. The first kappa shape index (κ1) is 32.6. The van der Waals surface area contributed by atoms with Gasteiger partial charge in [0.25, 0.3) is 0 Å². The van der Waals surface area contributed by atoms with Crippen LogP contribution in [0.2, 0.25) is 10.0 Å². The van der Waals surface area contributed by atoms with E-state index in [1.807, 2.05) is 19.2 Å². The number of nitrogens with zero attached hydrogens (tertiary/aromatic N) is 3. The van der Waals surface area contributed by atoms with Crippen LogP contribution in [0.1, 0.15) is 30.4 Å². The van der Waals surface area contributed by atoms with Crippen LogP contribution in [0.3, 0.4) is 0 Å². The van der Waals surface area contributed by atoms with Gasteiger partial charge in [-0.05, 0) is 122 Å². The molecule has 2 aliphatic heterocycles. The number of rotatable bonds is 12. The van der Waals surface area contributed by atoms with E-state index in [4.69, 9.17) is 27.9 Å². The zero-order valence-electron chi connectivity index (χ0n) is 26.0. The van der Waals surface area contributed by atoms with E-state index in [0.29, 0.717) is 16.5 Å². The zero-order valence-corrected chi connectivity index (χ0v) is 27.5. The molecule has 0 amide bonds. The minimum atomic E-state index is -0.146. The summed E-state index contributed by atoms with van der Waals surface area (Å²) >= 11 is 12.8. The summed E-state index contributed by atoms with van der Waals surface area (Å²) < 4.78 is 4.78. The predicted molar refractivity (Wildman–Crippen MR) is 183 cm³/mol. The Bertz CT molecular complexity index is 1350. The molecule has 2 saturated heterocycles. The van der Waals surface area contributed by atoms with Crippen LogP contribution in [0.25, 0.3) is 11.1 Å². The fourth-order valence-corrected chi connectivity index (χ4v) is 6.84. The number of methoxy groups -OCH3 is 1. The average Bonchev–Trinajstić information content (AvgIpc) is 3.03. The standard InChI is InChI=1S/C35H45Cl2N5O2/c1-38-23-26-7-10-41(11-8-26)25-28-17-27(18-29(19-28)30-20-31(36)22-32(37)21-30)24-39-33-3-5-34(6-4-33)42-15-13-40(14-16-42)12-9-35(43)44-2/h3-6,17-22,26,38-39H,7-16,23-25H2,1-2H3. The van der Waals surface area contributed by atoms with Crippen LogP contribution in [0.5, 0.6) is 0 Å². The molecule has 2 heterocycles. The lowest BCUT2D eigenvalue weighted by Gasteiger charge is -2.36. The number of hydrogen-bond donors (Lipinski definition) is 2. The number of nitrogens with one attached hydrogen (secondary N) is 2. The van der Waals surface area contributed by atoms with Crippen molar-refractivity contribution in [2.45, 2.75) is 32.4 Å². The van der Waals surface area contributed by atoms with Crippen molar-refractivity contribution in [1.29, 1.82) is 0 Å². The van der Waals surface area contributed by atoms with Gasteiger partial charge in [0.2, 0.25) is 0 Å². The van der Waals surface area contributed by atoms with Crippen molar-refractivity contribution < 1.29 is 9.53 Å². The van der Waals surface area contributed by atoms with Crippen molar-refractivity contribution >= 4 is 40.5 Å². The summed E-state index contributed by atoms with van der Waals surface area (Å²) in [5.74, 6) is 0.623. The number of halogens is 2. The van der Waals surface area contributed by atoms with E-state index in [-0.39, 0.29) is 5.97 Å². The van der Waals surface area contributed by atoms with Gasteiger partial charge in [0.1, 0.15) is 0 Å². The Balaban J connectivity index is 1.22. The normalized spacial score (nSPS) is 16.7. The van der Waals surface area contributed by atoms with E-state index in [1.165, 1.54) is 36.8 Å². The molecule has 3 aromatic rings. The van der Waals surface area contributed by atoms with Gasteiger partial charge in [0, 0.05) is 67.2 Å². The summed E-state index contributed by atoms with van der Waals surface area (Å²) in [5, 5.41) is 8.27. The Morgan fingerprint density at radius 2 is 1.50 bits per heavy atom. The third-order valence-electron chi connectivity index (χ3n) is 8.82. The first-order valence-electron chi connectivity index (χ1n) is 15.7. The van der Waals surface area contributed by atoms with E-state index >= 15 is 0 Å². The highest BCUT2D eigenvalue weighted by Gasteiger charge is 2.20. The minimum absolute atomic E-state index is 0.146. The molecule has 7 nitrogen and oxygen atoms in total. The molecule has 236 valence electrons. The van der Waals surface area contributed by atoms with Crippen molar-refractivity contribution in [2.24, 2.45) is 5.92 Å². The largest absolute Gasteiger partial charge is 0.469 e. The highest BCUT2D eigenvalue weighted by Crippen LogP contribution is 2.30. The Morgan fingerprint density at radius 3 is 2.16 bits per heavy atom. The van der Waals surface area contributed by atoms with Gasteiger partial charge < -0.3 is 20.3 Å². The maximum Gasteiger partial charge on any atom is 0.306 e. The maximum absolute atomic E-state index is 11.5. The second kappa shape index (κ2) is 16.0. The lowest BCUT2D eigenvalue weighted by molar-refractivity contribution is -0.141. The van der Waals surface area contributed by atoms with Gasteiger partial charge in [-0.25, -0.2) is 0 Å². The monoisotopic (exact) mass is 637 g/mol. The third-order valence-corrected chi connectivity index (χ3v) is 9.25. The number of hydrogen-bond acceptors (Lipinski definition) is 7. The van der Waals surface area contributed by atoms with Gasteiger partial charge >= 0.3 is 5.97 Å². The Kier molecular flexibility index (Phi) is 11.8. The summed E-state index contributed by atoms with van der Waals surface area (Å²) in [5.41, 5.74) is 7.02. The van der Waals surface area contributed by atoms with Gasteiger partial charge in [0.05, 0.1) is 13.5 Å². The highest BCUT2D eigenvalue weighted by atomic mass is 35.5. The van der Waals surface area contributed by atoms with E-state index in [2.05, 4.69) is 67.8 Å². The van der Waals surface area contributed by atoms with Crippen LogP contribution in [-0.2, 0) is 22.6 Å². The Morgan fingerprint density at radius 1 is 0.841 bits per heavy atom. The number of benzene rings is 3. The summed E-state index contributed by atoms with van der Waals surface area (Å²) in [6.07, 6.45) is 2.92. The first-order chi connectivity index (χ1) is 21.4. The van der Waals surface area contributed by atoms with Crippen LogP contribution >= 0.6 is 23.2 Å². The first-order valence-corrected chi connectivity index (χ1v) is 16.5. The number of anilines is 2. The highest BCUT2D eigenvalue weighted by molar-refractivity contribution is 6.35. The summed E-state index contributed by atoms with van der Waals surface area (Å²) in [6.45, 7) is 9.56. The molecule has 2 N–H and O–H groups in total. The van der Waals surface area contributed by atoms with Crippen molar-refractivity contribution in [1.82, 2.24) is 15.1 Å². The number of piperidine rings is 1. The van der Waals surface area contributed by atoms with Crippen molar-refractivity contribution in [2.75, 3.05) is 76.7 Å². The Labute approximate surface area is 272 Å². The van der Waals surface area contributed by atoms with Crippen LogP contribution in [0, 0.1) is 5.92 Å². The molecule has 9 heteroatoms. The number of carbonyl (C=O) groups is 1. The molecule has 3 aromatic carbocycles. The molecule has 0 aromatic heterocycles. The number of likely N-dealkylation sites (tertiary alicyclic amines) is 1. The SMILES string of the molecule is CNCC1CCN(Cc2cc(CNc3ccc(N4CCN(CCC(=O)OC)CC4)cc3)cc(-c3cc(Cl)cc(Cl)c3)c2)CC1. The number of piperazine rings is 1. The molecule has 0 bridgehead atoms. The third kappa shape index (κ3) is 9.35. The Hall–Kier alpha value is -2.81. The molecule has 5 rings (SSSR count). The van der Waals surface area contributed by atoms with Gasteiger partial charge in [-0.2, -0.15) is 0 Å². The van der Waals surface area contributed by atoms with E-state index in [9.17, 15) is 4.79 Å². The molecule has 2 fully saturated rings. The predicted octanol–water partition coefficient (Wildman–Crippen LogP) is 6.39. The van der Waals surface area contributed by atoms with E-state index in [1.54, 1.807) is 6.07 Å². The number of esters is 1. The molecule has 0 saturated carbocycles. The van der Waals surface area contributed by atoms with E-state index < -0.39 is 0 Å². The van der Waals surface area contributed by atoms with Crippen LogP contribution in [-0.4, -0.2) is 82.3 Å². The lowest BCUT2D eigenvalue weighted by Crippen LogP contribution is -2.46. The fourth-order valence-electron chi connectivity index (χ4n) is 6.31. The second-order valence-electron chi connectivity index (χ2n) is 12.0. The van der Waals surface area contributed by atoms with Gasteiger partial charge in [-0.1, -0.05) is 29.3 Å². The smallest absolute Gasteiger partial charge is 0.306 e. The molecule has 0 radical (unpaired) electrons. The van der Waals surface area contributed by atoms with Crippen LogP contribution < -0.4 is 15.5 Å². The average molecular weight is 639 g/mol. The molecule has 0 aliphatic carbocycles. The van der Waals surface area contributed by atoms with E-state index in [0.717, 1.165) is 88.2 Å². The summed E-state index contributed by atoms with van der Waals surface area (Å²) in [6, 6.07) is 21.3. The quantitative estimate of drug-likeness (QED) is 0.223. The topological polar surface area (TPSA) is 60.1 Å². The fraction of sp³-hybridized carbons (Fsp3) is 0.457. The molecule has 2 aliphatic rings. The summed E-state index contributed by atoms with van der Waals surface area (Å²) in [7, 11) is 3.49. The van der Waals surface area contributed by atoms with Crippen LogP contribution in [0.4, 0.5) is 11.4 Å². The molecule has 0 unspecified atom stereocenters. The molecule has 44 heavy (non-hydrogen) atoms. The number of carbonyl (C=O) groups excluding carboxylic acids is 1. The number of ether oxygens (including phenoxy) is 1. The molecular weight excluding hydrogens is 593 g/mol. The van der Waals surface area contributed by atoms with Gasteiger partial charge in [0.15, 0.2) is 0 Å². The van der Waals surface area contributed by atoms with Crippen molar-refractivity contribution in [3.8, 4) is 11.1 Å². The van der Waals surface area contributed by atoms with Crippen LogP contribution in [0.15, 0.2) is 60.7 Å². The minimum Gasteiger partial charge on any atom is -0.469 e. The maximum atomic E-state index is 11.5. The van der Waals surface area contributed by atoms with Gasteiger partial charge in [-0.15, -0.1) is 0 Å². The summed E-state index contributed by atoms with van der Waals surface area (Å²) in [4.78, 5) is 18.8.